The Kier molecular flexibility index (Phi) is 3.37. The number of piperazine rings is 1. The van der Waals surface area contributed by atoms with Gasteiger partial charge in [-0.15, -0.1) is 0 Å². The Morgan fingerprint density at radius 1 is 1.53 bits per heavy atom. The molecule has 5 heteroatoms. The van der Waals surface area contributed by atoms with Crippen molar-refractivity contribution in [3.05, 3.63) is 30.1 Å². The van der Waals surface area contributed by atoms with Gasteiger partial charge in [0.15, 0.2) is 0 Å². The van der Waals surface area contributed by atoms with Gasteiger partial charge in [-0.1, -0.05) is 6.07 Å². The molecule has 5 nitrogen and oxygen atoms in total. The molecule has 1 aliphatic rings. The lowest BCUT2D eigenvalue weighted by molar-refractivity contribution is -0.143. The van der Waals surface area contributed by atoms with Crippen molar-refractivity contribution < 1.29 is 9.59 Å². The van der Waals surface area contributed by atoms with E-state index in [-0.39, 0.29) is 18.4 Å². The molecular weight excluding hydrogens is 218 g/mol. The lowest BCUT2D eigenvalue weighted by atomic mass is 10.1. The van der Waals surface area contributed by atoms with Gasteiger partial charge in [0.05, 0.1) is 6.54 Å². The first kappa shape index (κ1) is 11.6. The lowest BCUT2D eigenvalue weighted by Gasteiger charge is -2.30. The van der Waals surface area contributed by atoms with Crippen molar-refractivity contribution in [1.82, 2.24) is 15.2 Å². The molecule has 0 radical (unpaired) electrons. The first-order valence-corrected chi connectivity index (χ1v) is 5.64. The van der Waals surface area contributed by atoms with Crippen LogP contribution < -0.4 is 5.32 Å². The smallest absolute Gasteiger partial charge is 0.245 e. The molecule has 90 valence electrons. The van der Waals surface area contributed by atoms with Gasteiger partial charge in [0, 0.05) is 18.9 Å². The van der Waals surface area contributed by atoms with E-state index in [0.717, 1.165) is 12.0 Å². The van der Waals surface area contributed by atoms with Gasteiger partial charge in [-0.3, -0.25) is 14.6 Å². The summed E-state index contributed by atoms with van der Waals surface area (Å²) in [4.78, 5) is 28.7. The highest BCUT2D eigenvalue weighted by atomic mass is 16.2. The zero-order valence-corrected chi connectivity index (χ0v) is 9.72. The van der Waals surface area contributed by atoms with Crippen molar-refractivity contribution in [3.63, 3.8) is 0 Å². The second kappa shape index (κ2) is 4.95. The quantitative estimate of drug-likeness (QED) is 0.797. The van der Waals surface area contributed by atoms with Crippen LogP contribution in [0.2, 0.25) is 0 Å². The van der Waals surface area contributed by atoms with E-state index < -0.39 is 6.04 Å². The summed E-state index contributed by atoms with van der Waals surface area (Å²) in [6, 6.07) is 3.42. The van der Waals surface area contributed by atoms with Crippen molar-refractivity contribution in [2.24, 2.45) is 0 Å². The number of nitrogens with one attached hydrogen (secondary N) is 1. The number of nitrogens with zero attached hydrogens (tertiary/aromatic N) is 2. The van der Waals surface area contributed by atoms with E-state index in [0.29, 0.717) is 6.54 Å². The molecule has 0 spiro atoms. The summed E-state index contributed by atoms with van der Waals surface area (Å²) in [5, 5.41) is 2.61. The zero-order chi connectivity index (χ0) is 12.3. The molecule has 0 aliphatic carbocycles. The summed E-state index contributed by atoms with van der Waals surface area (Å²) in [5.41, 5.74) is 1.07. The first-order chi connectivity index (χ1) is 8.16. The van der Waals surface area contributed by atoms with Crippen LogP contribution >= 0.6 is 0 Å². The molecule has 1 saturated heterocycles. The van der Waals surface area contributed by atoms with Crippen LogP contribution in [-0.4, -0.2) is 40.8 Å². The first-order valence-electron chi connectivity index (χ1n) is 5.64. The van der Waals surface area contributed by atoms with Crippen LogP contribution in [0.15, 0.2) is 24.5 Å². The number of carbonyl (C=O) groups is 2. The van der Waals surface area contributed by atoms with Crippen LogP contribution in [0.1, 0.15) is 12.5 Å². The summed E-state index contributed by atoms with van der Waals surface area (Å²) in [6.45, 7) is 2.42. The van der Waals surface area contributed by atoms with Crippen LogP contribution in [-0.2, 0) is 16.0 Å². The minimum absolute atomic E-state index is 0.0199. The van der Waals surface area contributed by atoms with E-state index in [9.17, 15) is 9.59 Å². The molecule has 17 heavy (non-hydrogen) atoms. The minimum atomic E-state index is -0.412. The topological polar surface area (TPSA) is 62.3 Å². The number of pyridine rings is 1. The van der Waals surface area contributed by atoms with Crippen LogP contribution in [0.4, 0.5) is 0 Å². The van der Waals surface area contributed by atoms with Crippen LogP contribution in [0.3, 0.4) is 0 Å². The fourth-order valence-electron chi connectivity index (χ4n) is 1.87. The largest absolute Gasteiger partial charge is 0.343 e. The van der Waals surface area contributed by atoms with Crippen LogP contribution in [0, 0.1) is 0 Å². The predicted octanol–water partition coefficient (Wildman–Crippen LogP) is -0.0290. The van der Waals surface area contributed by atoms with Crippen molar-refractivity contribution >= 4 is 11.8 Å². The van der Waals surface area contributed by atoms with E-state index in [1.807, 2.05) is 12.1 Å². The third-order valence-corrected chi connectivity index (χ3v) is 2.79. The summed E-state index contributed by atoms with van der Waals surface area (Å²) < 4.78 is 0. The van der Waals surface area contributed by atoms with Gasteiger partial charge >= 0.3 is 0 Å². The molecule has 0 saturated carbocycles. The molecule has 2 rings (SSSR count). The summed E-state index contributed by atoms with van der Waals surface area (Å²) in [7, 11) is 0. The predicted molar refractivity (Wildman–Crippen MR) is 62.1 cm³/mol. The highest BCUT2D eigenvalue weighted by Crippen LogP contribution is 2.05. The van der Waals surface area contributed by atoms with Crippen LogP contribution in [0.25, 0.3) is 0 Å². The lowest BCUT2D eigenvalue weighted by Crippen LogP contribution is -2.57. The molecule has 2 amide bonds. The molecule has 1 aromatic rings. The Morgan fingerprint density at radius 2 is 2.35 bits per heavy atom. The van der Waals surface area contributed by atoms with E-state index in [1.165, 1.54) is 0 Å². The van der Waals surface area contributed by atoms with Gasteiger partial charge < -0.3 is 10.2 Å². The maximum Gasteiger partial charge on any atom is 0.245 e. The van der Waals surface area contributed by atoms with Gasteiger partial charge in [-0.2, -0.15) is 0 Å². The van der Waals surface area contributed by atoms with Gasteiger partial charge in [-0.25, -0.2) is 0 Å². The molecule has 0 aromatic carbocycles. The van der Waals surface area contributed by atoms with Crippen molar-refractivity contribution in [1.29, 1.82) is 0 Å². The van der Waals surface area contributed by atoms with Crippen molar-refractivity contribution in [2.75, 3.05) is 13.1 Å². The fourth-order valence-corrected chi connectivity index (χ4v) is 1.87. The summed E-state index contributed by atoms with van der Waals surface area (Å²) in [5.74, 6) is -0.114. The van der Waals surface area contributed by atoms with Gasteiger partial charge in [0.2, 0.25) is 11.8 Å². The minimum Gasteiger partial charge on any atom is -0.343 e. The molecule has 0 bridgehead atoms. The number of hydrogen-bond acceptors (Lipinski definition) is 3. The average Bonchev–Trinajstić information content (AvgIpc) is 2.33. The summed E-state index contributed by atoms with van der Waals surface area (Å²) in [6.07, 6.45) is 4.21. The second-order valence-electron chi connectivity index (χ2n) is 4.16. The molecule has 1 N–H and O–H groups in total. The number of aromatic nitrogens is 1. The molecule has 1 aromatic heterocycles. The monoisotopic (exact) mass is 233 g/mol. The maximum absolute atomic E-state index is 11.8. The van der Waals surface area contributed by atoms with E-state index in [1.54, 1.807) is 24.2 Å². The standard InChI is InChI=1S/C12H15N3O2/c1-9-12(17)15(8-11(16)14-9)6-4-10-3-2-5-13-7-10/h2-3,5,7,9H,4,6,8H2,1H3,(H,14,16). The molecule has 1 unspecified atom stereocenters. The Bertz CT molecular complexity index is 419. The summed E-state index contributed by atoms with van der Waals surface area (Å²) >= 11 is 0. The van der Waals surface area contributed by atoms with Crippen LogP contribution in [0.5, 0.6) is 0 Å². The van der Waals surface area contributed by atoms with Crippen molar-refractivity contribution in [3.8, 4) is 0 Å². The molecule has 1 atom stereocenters. The average molecular weight is 233 g/mol. The van der Waals surface area contributed by atoms with E-state index >= 15 is 0 Å². The van der Waals surface area contributed by atoms with Gasteiger partial charge in [0.25, 0.3) is 0 Å². The normalized spacial score (nSPS) is 20.3. The van der Waals surface area contributed by atoms with E-state index in [4.69, 9.17) is 0 Å². The van der Waals surface area contributed by atoms with Gasteiger partial charge in [-0.05, 0) is 25.0 Å². The molecule has 2 heterocycles. The number of amides is 2. The molecule has 1 aliphatic heterocycles. The Hall–Kier alpha value is -1.91. The highest BCUT2D eigenvalue weighted by Gasteiger charge is 2.28. The van der Waals surface area contributed by atoms with Gasteiger partial charge in [0.1, 0.15) is 6.04 Å². The van der Waals surface area contributed by atoms with E-state index in [2.05, 4.69) is 10.3 Å². The second-order valence-corrected chi connectivity index (χ2v) is 4.16. The fraction of sp³-hybridized carbons (Fsp3) is 0.417. The molecule has 1 fully saturated rings. The third kappa shape index (κ3) is 2.81. The highest BCUT2D eigenvalue weighted by molar-refractivity contribution is 5.94. The maximum atomic E-state index is 11.8. The Balaban J connectivity index is 1.94. The number of hydrogen-bond donors (Lipinski definition) is 1. The Morgan fingerprint density at radius 3 is 3.06 bits per heavy atom. The zero-order valence-electron chi connectivity index (χ0n) is 9.72. The SMILES string of the molecule is CC1NC(=O)CN(CCc2cccnc2)C1=O. The number of carbonyl (C=O) groups excluding carboxylic acids is 2. The molecular formula is C12H15N3O2. The number of rotatable bonds is 3. The third-order valence-electron chi connectivity index (χ3n) is 2.79. The Labute approximate surface area is 99.8 Å². The van der Waals surface area contributed by atoms with Crippen molar-refractivity contribution in [2.45, 2.75) is 19.4 Å².